The van der Waals surface area contributed by atoms with Gasteiger partial charge in [0.2, 0.25) is 11.6 Å². The molecule has 0 aliphatic rings. The standard InChI is InChI=1S/C24H18F6N4O7S3/c1-15-2-8-18(9-3-15)42(36,37)14-21(35)22(33-31-16-4-10-19(11-5-16)43(38,39)23(25,26)27)34-32-17-6-12-20(13-7-17)44(40,41)24(28,29)30/h2-13,31H,14H2,1H3/b33-22+,34-32?. The number of halogens is 6. The number of hydrazone groups is 1. The zero-order chi connectivity index (χ0) is 33.1. The van der Waals surface area contributed by atoms with Crippen molar-refractivity contribution in [3.8, 4) is 0 Å². The Morgan fingerprint density at radius 1 is 0.682 bits per heavy atom. The molecule has 0 spiro atoms. The number of carbonyl (C=O) groups excluding carboxylic acids is 1. The van der Waals surface area contributed by atoms with Crippen LogP contribution < -0.4 is 5.43 Å². The van der Waals surface area contributed by atoms with Crippen LogP contribution in [0.1, 0.15) is 5.56 Å². The molecular weight excluding hydrogens is 666 g/mol. The van der Waals surface area contributed by atoms with Gasteiger partial charge >= 0.3 is 11.0 Å². The third-order valence-corrected chi connectivity index (χ3v) is 10.1. The predicted molar refractivity (Wildman–Crippen MR) is 143 cm³/mol. The molecule has 0 fully saturated rings. The summed E-state index contributed by atoms with van der Waals surface area (Å²) in [7, 11) is -15.6. The van der Waals surface area contributed by atoms with Gasteiger partial charge in [0.15, 0.2) is 9.84 Å². The van der Waals surface area contributed by atoms with Crippen molar-refractivity contribution >= 4 is 52.5 Å². The first-order valence-corrected chi connectivity index (χ1v) is 16.2. The van der Waals surface area contributed by atoms with E-state index in [1.807, 2.05) is 0 Å². The van der Waals surface area contributed by atoms with E-state index in [0.717, 1.165) is 29.8 Å². The molecule has 0 aliphatic carbocycles. The summed E-state index contributed by atoms with van der Waals surface area (Å²) in [6.07, 6.45) is 0. The molecule has 3 rings (SSSR count). The number of carbonyl (C=O) groups is 1. The van der Waals surface area contributed by atoms with Crippen molar-refractivity contribution in [2.75, 3.05) is 11.2 Å². The lowest BCUT2D eigenvalue weighted by Crippen LogP contribution is -2.24. The second-order valence-electron chi connectivity index (χ2n) is 8.66. The molecule has 236 valence electrons. The van der Waals surface area contributed by atoms with Gasteiger partial charge in [0.1, 0.15) is 5.75 Å². The van der Waals surface area contributed by atoms with Crippen LogP contribution in [0.3, 0.4) is 0 Å². The van der Waals surface area contributed by atoms with E-state index < -0.39 is 67.7 Å². The number of hydrogen-bond donors (Lipinski definition) is 1. The van der Waals surface area contributed by atoms with Crippen LogP contribution in [0.15, 0.2) is 103 Å². The third-order valence-electron chi connectivity index (χ3n) is 5.42. The van der Waals surface area contributed by atoms with E-state index in [1.54, 1.807) is 6.92 Å². The number of nitrogens with zero attached hydrogens (tertiary/aromatic N) is 3. The highest BCUT2D eigenvalue weighted by atomic mass is 32.2. The monoisotopic (exact) mass is 684 g/mol. The Morgan fingerprint density at radius 3 is 1.57 bits per heavy atom. The van der Waals surface area contributed by atoms with Crippen LogP contribution in [0.4, 0.5) is 37.7 Å². The molecule has 0 amide bonds. The SMILES string of the molecule is Cc1ccc(S(=O)(=O)CC(=O)/C(N=Nc2ccc(S(=O)(=O)C(F)(F)F)cc2)=N\Nc2ccc(S(=O)(=O)C(F)(F)F)cc2)cc1. The number of Topliss-reactive ketones (excluding diaryl/α,β-unsaturated/α-hetero) is 1. The Morgan fingerprint density at radius 2 is 1.11 bits per heavy atom. The fourth-order valence-corrected chi connectivity index (χ4v) is 5.81. The maximum absolute atomic E-state index is 12.9. The average molecular weight is 685 g/mol. The Bertz CT molecular complexity index is 1920. The van der Waals surface area contributed by atoms with Crippen LogP contribution in [-0.2, 0) is 34.3 Å². The van der Waals surface area contributed by atoms with Gasteiger partial charge in [-0.05, 0) is 67.6 Å². The highest BCUT2D eigenvalue weighted by Crippen LogP contribution is 2.32. The van der Waals surface area contributed by atoms with Gasteiger partial charge in [-0.15, -0.1) is 15.3 Å². The van der Waals surface area contributed by atoms with Crippen molar-refractivity contribution in [1.82, 2.24) is 0 Å². The summed E-state index contributed by atoms with van der Waals surface area (Å²) in [5, 5.41) is 10.7. The zero-order valence-electron chi connectivity index (χ0n) is 21.8. The summed E-state index contributed by atoms with van der Waals surface area (Å²) in [6, 6.07) is 11.0. The van der Waals surface area contributed by atoms with Gasteiger partial charge in [-0.1, -0.05) is 17.7 Å². The molecule has 1 N–H and O–H groups in total. The average Bonchev–Trinajstić information content (AvgIpc) is 2.92. The van der Waals surface area contributed by atoms with Gasteiger partial charge < -0.3 is 0 Å². The minimum Gasteiger partial charge on any atom is -0.289 e. The summed E-state index contributed by atoms with van der Waals surface area (Å²) < 4.78 is 148. The lowest BCUT2D eigenvalue weighted by atomic mass is 10.2. The number of anilines is 1. The molecule has 0 atom stereocenters. The van der Waals surface area contributed by atoms with Gasteiger partial charge in [-0.3, -0.25) is 10.2 Å². The largest absolute Gasteiger partial charge is 0.501 e. The molecule has 0 bridgehead atoms. The highest BCUT2D eigenvalue weighted by Gasteiger charge is 2.47. The second-order valence-corrected chi connectivity index (χ2v) is 14.5. The van der Waals surface area contributed by atoms with E-state index in [2.05, 4.69) is 20.8 Å². The molecular formula is C24H18F6N4O7S3. The van der Waals surface area contributed by atoms with Crippen molar-refractivity contribution in [2.24, 2.45) is 15.3 Å². The van der Waals surface area contributed by atoms with Crippen molar-refractivity contribution < 1.29 is 56.4 Å². The normalized spacial score (nSPS) is 13.7. The van der Waals surface area contributed by atoms with E-state index >= 15 is 0 Å². The van der Waals surface area contributed by atoms with Crippen LogP contribution in [-0.4, -0.2) is 53.6 Å². The third kappa shape index (κ3) is 7.85. The van der Waals surface area contributed by atoms with E-state index in [1.165, 1.54) is 24.3 Å². The van der Waals surface area contributed by atoms with E-state index in [-0.39, 0.29) is 16.3 Å². The molecule has 0 saturated carbocycles. The Hall–Kier alpha value is -4.17. The predicted octanol–water partition coefficient (Wildman–Crippen LogP) is 5.13. The fourth-order valence-electron chi connectivity index (χ4n) is 3.10. The lowest BCUT2D eigenvalue weighted by molar-refractivity contribution is -0.110. The first-order chi connectivity index (χ1) is 20.1. The van der Waals surface area contributed by atoms with Gasteiger partial charge in [0, 0.05) is 0 Å². The number of azo groups is 1. The number of ketones is 1. The number of alkyl halides is 6. The van der Waals surface area contributed by atoms with Crippen LogP contribution in [0.5, 0.6) is 0 Å². The van der Waals surface area contributed by atoms with Crippen LogP contribution in [0, 0.1) is 6.92 Å². The first kappa shape index (κ1) is 34.3. The molecule has 11 nitrogen and oxygen atoms in total. The molecule has 20 heteroatoms. The van der Waals surface area contributed by atoms with Crippen molar-refractivity contribution in [2.45, 2.75) is 32.6 Å². The molecule has 0 aliphatic heterocycles. The van der Waals surface area contributed by atoms with Crippen molar-refractivity contribution in [3.05, 3.63) is 78.4 Å². The molecule has 0 heterocycles. The molecule has 3 aromatic carbocycles. The smallest absolute Gasteiger partial charge is 0.289 e. The van der Waals surface area contributed by atoms with Crippen molar-refractivity contribution in [1.29, 1.82) is 0 Å². The summed E-state index contributed by atoms with van der Waals surface area (Å²) in [5.74, 6) is -3.38. The van der Waals surface area contributed by atoms with Gasteiger partial charge in [0.25, 0.3) is 19.7 Å². The quantitative estimate of drug-likeness (QED) is 0.106. The van der Waals surface area contributed by atoms with E-state index in [9.17, 15) is 56.4 Å². The molecule has 0 saturated heterocycles. The number of rotatable bonds is 9. The highest BCUT2D eigenvalue weighted by molar-refractivity contribution is 7.92. The molecule has 0 aromatic heterocycles. The number of sulfone groups is 3. The van der Waals surface area contributed by atoms with Crippen LogP contribution in [0.25, 0.3) is 0 Å². The molecule has 44 heavy (non-hydrogen) atoms. The van der Waals surface area contributed by atoms with Gasteiger partial charge in [-0.2, -0.15) is 26.3 Å². The first-order valence-electron chi connectivity index (χ1n) is 11.6. The Balaban J connectivity index is 1.94. The Labute approximate surface area is 246 Å². The lowest BCUT2D eigenvalue weighted by Gasteiger charge is -2.09. The number of benzene rings is 3. The van der Waals surface area contributed by atoms with E-state index in [0.29, 0.717) is 24.3 Å². The van der Waals surface area contributed by atoms with Crippen molar-refractivity contribution in [3.63, 3.8) is 0 Å². The number of hydrogen-bond acceptors (Lipinski definition) is 10. The number of amidine groups is 1. The van der Waals surface area contributed by atoms with E-state index in [4.69, 9.17) is 0 Å². The Kier molecular flexibility index (Phi) is 9.71. The van der Waals surface area contributed by atoms with Gasteiger partial charge in [0.05, 0.1) is 26.1 Å². The maximum Gasteiger partial charge on any atom is 0.501 e. The van der Waals surface area contributed by atoms with Gasteiger partial charge in [-0.25, -0.2) is 25.3 Å². The summed E-state index contributed by atoms with van der Waals surface area (Å²) in [6.45, 7) is 1.69. The van der Waals surface area contributed by atoms with Crippen LogP contribution >= 0.6 is 0 Å². The maximum atomic E-state index is 12.9. The summed E-state index contributed by atoms with van der Waals surface area (Å²) in [4.78, 5) is 10.5. The molecule has 0 unspecified atom stereocenters. The fraction of sp³-hybridized carbons (Fsp3) is 0.167. The minimum absolute atomic E-state index is 0.172. The zero-order valence-corrected chi connectivity index (χ0v) is 24.3. The number of aryl methyl sites for hydroxylation is 1. The molecule has 0 radical (unpaired) electrons. The molecule has 3 aromatic rings. The summed E-state index contributed by atoms with van der Waals surface area (Å²) >= 11 is 0. The summed E-state index contributed by atoms with van der Waals surface area (Å²) in [5.41, 5.74) is -8.69. The number of nitrogens with one attached hydrogen (secondary N) is 1. The minimum atomic E-state index is -5.67. The van der Waals surface area contributed by atoms with Crippen LogP contribution in [0.2, 0.25) is 0 Å². The topological polar surface area (TPSA) is 169 Å². The second kappa shape index (κ2) is 12.4.